The lowest BCUT2D eigenvalue weighted by molar-refractivity contribution is 0.0812. The molecule has 2 atom stereocenters. The molecule has 0 aromatic heterocycles. The molecule has 1 heterocycles. The first-order valence-corrected chi connectivity index (χ1v) is 6.33. The smallest absolute Gasteiger partial charge is 0.407 e. The summed E-state index contributed by atoms with van der Waals surface area (Å²) < 4.78 is 10.4. The minimum Gasteiger partial charge on any atom is -0.444 e. The van der Waals surface area contributed by atoms with E-state index in [0.717, 1.165) is 12.8 Å². The SMILES string of the molecule is CC(Cc1ccccc1)NC(=O)O[C@H]1CCOC1. The van der Waals surface area contributed by atoms with Crippen LogP contribution in [0.1, 0.15) is 18.9 Å². The highest BCUT2D eigenvalue weighted by molar-refractivity contribution is 5.67. The zero-order valence-corrected chi connectivity index (χ0v) is 10.6. The number of carbonyl (C=O) groups excluding carboxylic acids is 1. The van der Waals surface area contributed by atoms with Crippen LogP contribution in [0.15, 0.2) is 30.3 Å². The highest BCUT2D eigenvalue weighted by Crippen LogP contribution is 2.08. The molecular weight excluding hydrogens is 230 g/mol. The molecule has 0 bridgehead atoms. The molecule has 1 fully saturated rings. The number of benzene rings is 1. The molecule has 1 aromatic carbocycles. The van der Waals surface area contributed by atoms with Crippen molar-refractivity contribution in [3.05, 3.63) is 35.9 Å². The zero-order chi connectivity index (χ0) is 12.8. The van der Waals surface area contributed by atoms with Crippen LogP contribution in [0, 0.1) is 0 Å². The fourth-order valence-electron chi connectivity index (χ4n) is 2.01. The van der Waals surface area contributed by atoms with Crippen LogP contribution in [0.5, 0.6) is 0 Å². The average Bonchev–Trinajstić information content (AvgIpc) is 2.82. The summed E-state index contributed by atoms with van der Waals surface area (Å²) in [5.74, 6) is 0. The van der Waals surface area contributed by atoms with E-state index in [2.05, 4.69) is 5.32 Å². The fourth-order valence-corrected chi connectivity index (χ4v) is 2.01. The van der Waals surface area contributed by atoms with Crippen LogP contribution < -0.4 is 5.32 Å². The number of hydrogen-bond acceptors (Lipinski definition) is 3. The molecule has 1 aliphatic rings. The summed E-state index contributed by atoms with van der Waals surface area (Å²) in [5.41, 5.74) is 1.20. The van der Waals surface area contributed by atoms with Crippen LogP contribution in [0.3, 0.4) is 0 Å². The molecule has 1 aromatic rings. The van der Waals surface area contributed by atoms with Gasteiger partial charge in [0.15, 0.2) is 0 Å². The fraction of sp³-hybridized carbons (Fsp3) is 0.500. The highest BCUT2D eigenvalue weighted by Gasteiger charge is 2.20. The molecule has 4 nitrogen and oxygen atoms in total. The first kappa shape index (κ1) is 12.9. The second-order valence-corrected chi connectivity index (χ2v) is 4.63. The Morgan fingerprint density at radius 3 is 2.94 bits per heavy atom. The van der Waals surface area contributed by atoms with E-state index >= 15 is 0 Å². The van der Waals surface area contributed by atoms with Gasteiger partial charge in [0.1, 0.15) is 6.10 Å². The Balaban J connectivity index is 1.73. The van der Waals surface area contributed by atoms with Gasteiger partial charge in [-0.2, -0.15) is 0 Å². The summed E-state index contributed by atoms with van der Waals surface area (Å²) in [6.07, 6.45) is 1.15. The summed E-state index contributed by atoms with van der Waals surface area (Å²) in [5, 5.41) is 2.84. The summed E-state index contributed by atoms with van der Waals surface area (Å²) >= 11 is 0. The molecule has 18 heavy (non-hydrogen) atoms. The molecule has 0 saturated carbocycles. The van der Waals surface area contributed by atoms with Crippen molar-refractivity contribution in [2.75, 3.05) is 13.2 Å². The maximum Gasteiger partial charge on any atom is 0.407 e. The number of carbonyl (C=O) groups is 1. The van der Waals surface area contributed by atoms with Crippen molar-refractivity contribution in [1.82, 2.24) is 5.32 Å². The number of alkyl carbamates (subject to hydrolysis) is 1. The molecular formula is C14H19NO3. The second-order valence-electron chi connectivity index (χ2n) is 4.63. The topological polar surface area (TPSA) is 47.6 Å². The van der Waals surface area contributed by atoms with Gasteiger partial charge in [0.25, 0.3) is 0 Å². The Bertz CT molecular complexity index is 374. The second kappa shape index (κ2) is 6.40. The van der Waals surface area contributed by atoms with E-state index in [4.69, 9.17) is 9.47 Å². The standard InChI is InChI=1S/C14H19NO3/c1-11(9-12-5-3-2-4-6-12)15-14(16)18-13-7-8-17-10-13/h2-6,11,13H,7-10H2,1H3,(H,15,16)/t11?,13-/m0/s1. The largest absolute Gasteiger partial charge is 0.444 e. The van der Waals surface area contributed by atoms with E-state index in [-0.39, 0.29) is 18.2 Å². The molecule has 4 heteroatoms. The van der Waals surface area contributed by atoms with Gasteiger partial charge in [0, 0.05) is 12.5 Å². The molecule has 1 saturated heterocycles. The number of rotatable bonds is 4. The Morgan fingerprint density at radius 2 is 2.28 bits per heavy atom. The molecule has 0 spiro atoms. The zero-order valence-electron chi connectivity index (χ0n) is 10.6. The van der Waals surface area contributed by atoms with Gasteiger partial charge in [-0.25, -0.2) is 4.79 Å². The van der Waals surface area contributed by atoms with Crippen molar-refractivity contribution in [3.8, 4) is 0 Å². The molecule has 1 amide bonds. The van der Waals surface area contributed by atoms with E-state index < -0.39 is 0 Å². The molecule has 1 unspecified atom stereocenters. The maximum absolute atomic E-state index is 11.6. The normalized spacial score (nSPS) is 20.4. The third-order valence-electron chi connectivity index (χ3n) is 2.91. The average molecular weight is 249 g/mol. The lowest BCUT2D eigenvalue weighted by Gasteiger charge is -2.16. The third kappa shape index (κ3) is 4.04. The molecule has 98 valence electrons. The molecule has 1 N–H and O–H groups in total. The Labute approximate surface area is 107 Å². The summed E-state index contributed by atoms with van der Waals surface area (Å²) in [6, 6.07) is 10.1. The van der Waals surface area contributed by atoms with Gasteiger partial charge in [0.05, 0.1) is 13.2 Å². The lowest BCUT2D eigenvalue weighted by Crippen LogP contribution is -2.36. The molecule has 2 rings (SSSR count). The van der Waals surface area contributed by atoms with Gasteiger partial charge >= 0.3 is 6.09 Å². The Kier molecular flexibility index (Phi) is 4.59. The minimum absolute atomic E-state index is 0.0576. The predicted molar refractivity (Wildman–Crippen MR) is 68.4 cm³/mol. The van der Waals surface area contributed by atoms with Crippen LogP contribution >= 0.6 is 0 Å². The van der Waals surface area contributed by atoms with E-state index in [1.807, 2.05) is 37.3 Å². The van der Waals surface area contributed by atoms with Gasteiger partial charge < -0.3 is 14.8 Å². The molecule has 0 aliphatic carbocycles. The van der Waals surface area contributed by atoms with Crippen molar-refractivity contribution in [1.29, 1.82) is 0 Å². The van der Waals surface area contributed by atoms with Crippen molar-refractivity contribution in [2.24, 2.45) is 0 Å². The summed E-state index contributed by atoms with van der Waals surface area (Å²) in [4.78, 5) is 11.6. The van der Waals surface area contributed by atoms with Gasteiger partial charge in [-0.05, 0) is 18.9 Å². The predicted octanol–water partition coefficient (Wildman–Crippen LogP) is 2.13. The number of hydrogen-bond donors (Lipinski definition) is 1. The van der Waals surface area contributed by atoms with Crippen LogP contribution in [0.25, 0.3) is 0 Å². The van der Waals surface area contributed by atoms with E-state index in [1.54, 1.807) is 0 Å². The van der Waals surface area contributed by atoms with Gasteiger partial charge in [0.2, 0.25) is 0 Å². The van der Waals surface area contributed by atoms with E-state index in [1.165, 1.54) is 5.56 Å². The molecule has 0 radical (unpaired) electrons. The number of amides is 1. The quantitative estimate of drug-likeness (QED) is 0.889. The van der Waals surface area contributed by atoms with Crippen molar-refractivity contribution in [3.63, 3.8) is 0 Å². The highest BCUT2D eigenvalue weighted by atomic mass is 16.6. The number of ether oxygens (including phenoxy) is 2. The first-order valence-electron chi connectivity index (χ1n) is 6.33. The first-order chi connectivity index (χ1) is 8.74. The van der Waals surface area contributed by atoms with Crippen LogP contribution in [-0.2, 0) is 15.9 Å². The van der Waals surface area contributed by atoms with Gasteiger partial charge in [-0.15, -0.1) is 0 Å². The van der Waals surface area contributed by atoms with Crippen molar-refractivity contribution >= 4 is 6.09 Å². The molecule has 1 aliphatic heterocycles. The van der Waals surface area contributed by atoms with Crippen LogP contribution in [0.2, 0.25) is 0 Å². The Hall–Kier alpha value is -1.55. The maximum atomic E-state index is 11.6. The Morgan fingerprint density at radius 1 is 1.50 bits per heavy atom. The van der Waals surface area contributed by atoms with E-state index in [0.29, 0.717) is 13.2 Å². The summed E-state index contributed by atoms with van der Waals surface area (Å²) in [7, 11) is 0. The van der Waals surface area contributed by atoms with Crippen LogP contribution in [0.4, 0.5) is 4.79 Å². The van der Waals surface area contributed by atoms with E-state index in [9.17, 15) is 4.79 Å². The summed E-state index contributed by atoms with van der Waals surface area (Å²) in [6.45, 7) is 3.16. The van der Waals surface area contributed by atoms with Gasteiger partial charge in [-0.3, -0.25) is 0 Å². The lowest BCUT2D eigenvalue weighted by atomic mass is 10.1. The third-order valence-corrected chi connectivity index (χ3v) is 2.91. The number of nitrogens with one attached hydrogen (secondary N) is 1. The van der Waals surface area contributed by atoms with Crippen molar-refractivity contribution in [2.45, 2.75) is 31.9 Å². The van der Waals surface area contributed by atoms with Crippen molar-refractivity contribution < 1.29 is 14.3 Å². The minimum atomic E-state index is -0.353. The van der Waals surface area contributed by atoms with Gasteiger partial charge in [-0.1, -0.05) is 30.3 Å². The monoisotopic (exact) mass is 249 g/mol. The van der Waals surface area contributed by atoms with Crippen LogP contribution in [-0.4, -0.2) is 31.5 Å².